The van der Waals surface area contributed by atoms with Gasteiger partial charge in [-0.2, -0.15) is 0 Å². The SMILES string of the molecule is Cc1cc(C)cc(OCCNC(=O)CN(c2cccc(Cl)c2Cl)S(=O)(=O)c2ccccc2)c1. The van der Waals surface area contributed by atoms with E-state index in [1.165, 1.54) is 18.2 Å². The Hall–Kier alpha value is -2.74. The number of amides is 1. The Morgan fingerprint density at radius 3 is 2.30 bits per heavy atom. The highest BCUT2D eigenvalue weighted by Gasteiger charge is 2.29. The molecule has 0 aliphatic carbocycles. The smallest absolute Gasteiger partial charge is 0.264 e. The first-order chi connectivity index (χ1) is 15.7. The second-order valence-corrected chi connectivity index (χ2v) is 10.1. The molecule has 0 saturated carbocycles. The van der Waals surface area contributed by atoms with Crippen molar-refractivity contribution in [2.75, 3.05) is 24.0 Å². The summed E-state index contributed by atoms with van der Waals surface area (Å²) in [6.45, 7) is 3.92. The number of ether oxygens (including phenoxy) is 1. The van der Waals surface area contributed by atoms with Crippen molar-refractivity contribution >= 4 is 44.8 Å². The molecular formula is C24H24Cl2N2O4S. The molecule has 6 nitrogen and oxygen atoms in total. The van der Waals surface area contributed by atoms with Crippen LogP contribution in [0.1, 0.15) is 11.1 Å². The number of sulfonamides is 1. The lowest BCUT2D eigenvalue weighted by Gasteiger charge is -2.25. The number of carbonyl (C=O) groups is 1. The zero-order chi connectivity index (χ0) is 24.0. The quantitative estimate of drug-likeness (QED) is 0.414. The molecule has 9 heteroatoms. The summed E-state index contributed by atoms with van der Waals surface area (Å²) < 4.78 is 33.3. The van der Waals surface area contributed by atoms with Crippen molar-refractivity contribution in [3.63, 3.8) is 0 Å². The molecule has 0 fully saturated rings. The van der Waals surface area contributed by atoms with Crippen molar-refractivity contribution in [2.24, 2.45) is 0 Å². The second-order valence-electron chi connectivity index (χ2n) is 7.42. The van der Waals surface area contributed by atoms with E-state index in [1.54, 1.807) is 30.3 Å². The summed E-state index contributed by atoms with van der Waals surface area (Å²) in [7, 11) is -4.07. The minimum absolute atomic E-state index is 0.0343. The van der Waals surface area contributed by atoms with Crippen molar-refractivity contribution in [3.05, 3.63) is 87.9 Å². The second kappa shape index (κ2) is 10.9. The summed E-state index contributed by atoms with van der Waals surface area (Å²) in [6, 6.07) is 18.3. The van der Waals surface area contributed by atoms with Gasteiger partial charge >= 0.3 is 0 Å². The maximum absolute atomic E-state index is 13.3. The predicted octanol–water partition coefficient (Wildman–Crippen LogP) is 5.00. The fourth-order valence-corrected chi connectivity index (χ4v) is 5.17. The monoisotopic (exact) mass is 506 g/mol. The third kappa shape index (κ3) is 6.41. The maximum Gasteiger partial charge on any atom is 0.264 e. The molecule has 0 atom stereocenters. The van der Waals surface area contributed by atoms with Crippen molar-refractivity contribution in [2.45, 2.75) is 18.7 Å². The van der Waals surface area contributed by atoms with Crippen LogP contribution >= 0.6 is 23.2 Å². The molecule has 0 spiro atoms. The summed E-state index contributed by atoms with van der Waals surface area (Å²) in [5, 5.41) is 2.92. The van der Waals surface area contributed by atoms with Crippen LogP contribution < -0.4 is 14.4 Å². The van der Waals surface area contributed by atoms with Gasteiger partial charge in [0.2, 0.25) is 5.91 Å². The molecule has 0 saturated heterocycles. The van der Waals surface area contributed by atoms with Crippen LogP contribution in [0.25, 0.3) is 0 Å². The average Bonchev–Trinajstić information content (AvgIpc) is 2.77. The van der Waals surface area contributed by atoms with E-state index in [9.17, 15) is 13.2 Å². The van der Waals surface area contributed by atoms with Gasteiger partial charge in [0, 0.05) is 0 Å². The Balaban J connectivity index is 1.73. The summed E-state index contributed by atoms with van der Waals surface area (Å²) in [4.78, 5) is 12.7. The molecule has 0 aliphatic heterocycles. The van der Waals surface area contributed by atoms with Crippen LogP contribution in [0.4, 0.5) is 5.69 Å². The molecule has 3 rings (SSSR count). The number of carbonyl (C=O) groups excluding carboxylic acids is 1. The third-order valence-electron chi connectivity index (χ3n) is 4.71. The number of anilines is 1. The van der Waals surface area contributed by atoms with E-state index in [0.717, 1.165) is 15.4 Å². The van der Waals surface area contributed by atoms with Crippen LogP contribution in [0.2, 0.25) is 10.0 Å². The van der Waals surface area contributed by atoms with Gasteiger partial charge in [-0.05, 0) is 61.4 Å². The highest BCUT2D eigenvalue weighted by molar-refractivity contribution is 7.92. The molecule has 0 aliphatic rings. The Morgan fingerprint density at radius 2 is 1.64 bits per heavy atom. The van der Waals surface area contributed by atoms with Crippen LogP contribution in [0, 0.1) is 13.8 Å². The minimum atomic E-state index is -4.07. The molecule has 3 aromatic rings. The Bertz CT molecular complexity index is 1210. The molecule has 0 radical (unpaired) electrons. The van der Waals surface area contributed by atoms with Crippen LogP contribution in [0.15, 0.2) is 71.6 Å². The number of nitrogens with zero attached hydrogens (tertiary/aromatic N) is 1. The first kappa shape index (κ1) is 24.9. The zero-order valence-electron chi connectivity index (χ0n) is 18.2. The largest absolute Gasteiger partial charge is 0.492 e. The number of hydrogen-bond acceptors (Lipinski definition) is 4. The minimum Gasteiger partial charge on any atom is -0.492 e. The van der Waals surface area contributed by atoms with Crippen LogP contribution in [-0.2, 0) is 14.8 Å². The van der Waals surface area contributed by atoms with Gasteiger partial charge in [0.15, 0.2) is 0 Å². The first-order valence-corrected chi connectivity index (χ1v) is 12.4. The lowest BCUT2D eigenvalue weighted by Crippen LogP contribution is -2.42. The fraction of sp³-hybridized carbons (Fsp3) is 0.208. The molecular weight excluding hydrogens is 483 g/mol. The molecule has 0 bridgehead atoms. The number of halogens is 2. The molecule has 1 amide bonds. The third-order valence-corrected chi connectivity index (χ3v) is 7.29. The summed E-state index contributed by atoms with van der Waals surface area (Å²) in [6.07, 6.45) is 0. The van der Waals surface area contributed by atoms with Crippen LogP contribution in [0.3, 0.4) is 0 Å². The van der Waals surface area contributed by atoms with E-state index >= 15 is 0 Å². The maximum atomic E-state index is 13.3. The van der Waals surface area contributed by atoms with Crippen molar-refractivity contribution in [1.82, 2.24) is 5.32 Å². The Morgan fingerprint density at radius 1 is 0.970 bits per heavy atom. The first-order valence-electron chi connectivity index (χ1n) is 10.2. The standard InChI is InChI=1S/C24H24Cl2N2O4S/c1-17-13-18(2)15-19(14-17)32-12-11-27-23(29)16-28(22-10-6-9-21(25)24(22)26)33(30,31)20-7-4-3-5-8-20/h3-10,13-15H,11-12,16H2,1-2H3,(H,27,29). The number of nitrogens with one attached hydrogen (secondary N) is 1. The van der Waals surface area contributed by atoms with Gasteiger partial charge in [0.1, 0.15) is 18.9 Å². The van der Waals surface area contributed by atoms with E-state index in [-0.39, 0.29) is 33.8 Å². The number of rotatable bonds is 9. The van der Waals surface area contributed by atoms with Crippen LogP contribution in [0.5, 0.6) is 5.75 Å². The lowest BCUT2D eigenvalue weighted by atomic mass is 10.1. The molecule has 33 heavy (non-hydrogen) atoms. The zero-order valence-corrected chi connectivity index (χ0v) is 20.5. The average molecular weight is 507 g/mol. The van der Waals surface area contributed by atoms with E-state index in [2.05, 4.69) is 5.32 Å². The Labute approximate surface area is 204 Å². The van der Waals surface area contributed by atoms with Gasteiger partial charge in [0.25, 0.3) is 10.0 Å². The number of aryl methyl sites for hydroxylation is 2. The highest BCUT2D eigenvalue weighted by atomic mass is 35.5. The van der Waals surface area contributed by atoms with E-state index in [4.69, 9.17) is 27.9 Å². The molecule has 0 heterocycles. The summed E-state index contributed by atoms with van der Waals surface area (Å²) in [5.41, 5.74) is 2.28. The van der Waals surface area contributed by atoms with E-state index < -0.39 is 22.5 Å². The van der Waals surface area contributed by atoms with Crippen molar-refractivity contribution < 1.29 is 17.9 Å². The predicted molar refractivity (Wildman–Crippen MR) is 132 cm³/mol. The Kier molecular flexibility index (Phi) is 8.24. The molecule has 1 N–H and O–H groups in total. The number of benzene rings is 3. The van der Waals surface area contributed by atoms with Gasteiger partial charge in [-0.25, -0.2) is 8.42 Å². The normalized spacial score (nSPS) is 11.2. The molecule has 0 aromatic heterocycles. The highest BCUT2D eigenvalue weighted by Crippen LogP contribution is 2.35. The van der Waals surface area contributed by atoms with Gasteiger partial charge in [-0.15, -0.1) is 0 Å². The van der Waals surface area contributed by atoms with Crippen molar-refractivity contribution in [1.29, 1.82) is 0 Å². The van der Waals surface area contributed by atoms with Gasteiger partial charge in [-0.3, -0.25) is 9.10 Å². The van der Waals surface area contributed by atoms with Gasteiger partial charge in [0.05, 0.1) is 27.2 Å². The van der Waals surface area contributed by atoms with Gasteiger partial charge < -0.3 is 10.1 Å². The molecule has 0 unspecified atom stereocenters. The summed E-state index contributed by atoms with van der Waals surface area (Å²) in [5.74, 6) is 0.204. The molecule has 3 aromatic carbocycles. The van der Waals surface area contributed by atoms with Gasteiger partial charge in [-0.1, -0.05) is 53.5 Å². The fourth-order valence-electron chi connectivity index (χ4n) is 3.27. The molecule has 174 valence electrons. The van der Waals surface area contributed by atoms with E-state index in [1.807, 2.05) is 32.0 Å². The topological polar surface area (TPSA) is 75.7 Å². The van der Waals surface area contributed by atoms with Crippen LogP contribution in [-0.4, -0.2) is 34.0 Å². The number of hydrogen-bond donors (Lipinski definition) is 1. The van der Waals surface area contributed by atoms with E-state index in [0.29, 0.717) is 5.75 Å². The lowest BCUT2D eigenvalue weighted by molar-refractivity contribution is -0.119. The van der Waals surface area contributed by atoms with Crippen molar-refractivity contribution in [3.8, 4) is 5.75 Å². The summed E-state index contributed by atoms with van der Waals surface area (Å²) >= 11 is 12.4.